The first-order valence-corrected chi connectivity index (χ1v) is 14.4. The van der Waals surface area contributed by atoms with Gasteiger partial charge in [0, 0.05) is 11.8 Å². The molecule has 42 heavy (non-hydrogen) atoms. The van der Waals surface area contributed by atoms with Crippen molar-refractivity contribution in [3.05, 3.63) is 11.6 Å². The summed E-state index contributed by atoms with van der Waals surface area (Å²) in [6.45, 7) is 2.78. The normalized spacial score (nSPS) is 42.7. The summed E-state index contributed by atoms with van der Waals surface area (Å²) in [6.07, 6.45) is 0.254. The number of aliphatic hydroxyl groups excluding tert-OH is 2. The minimum atomic E-state index is -1.81. The highest BCUT2D eigenvalue weighted by atomic mass is 17.2. The van der Waals surface area contributed by atoms with Crippen LogP contribution >= 0.6 is 0 Å². The molecule has 4 aliphatic carbocycles. The van der Waals surface area contributed by atoms with Crippen LogP contribution in [0.5, 0.6) is 0 Å². The summed E-state index contributed by atoms with van der Waals surface area (Å²) in [5, 5.41) is 32.9. The fourth-order valence-corrected chi connectivity index (χ4v) is 9.09. The van der Waals surface area contributed by atoms with Crippen LogP contribution < -0.4 is 0 Å². The third-order valence-electron chi connectivity index (χ3n) is 11.0. The van der Waals surface area contributed by atoms with Crippen molar-refractivity contribution >= 4 is 35.4 Å². The maximum Gasteiger partial charge on any atom is 0.359 e. The van der Waals surface area contributed by atoms with E-state index in [9.17, 15) is 44.1 Å². The molecule has 1 aliphatic heterocycles. The second-order valence-corrected chi connectivity index (χ2v) is 12.8. The third kappa shape index (κ3) is 4.65. The predicted molar refractivity (Wildman–Crippen MR) is 136 cm³/mol. The van der Waals surface area contributed by atoms with E-state index in [1.807, 2.05) is 6.92 Å². The first-order valence-electron chi connectivity index (χ1n) is 14.4. The van der Waals surface area contributed by atoms with Crippen LogP contribution in [0.1, 0.15) is 71.6 Å². The Hall–Kier alpha value is -3.16. The molecule has 5 rings (SSSR count). The van der Waals surface area contributed by atoms with Gasteiger partial charge in [0.1, 0.15) is 12.2 Å². The van der Waals surface area contributed by atoms with Crippen LogP contribution in [0.25, 0.3) is 0 Å². The molecule has 1 saturated heterocycles. The third-order valence-corrected chi connectivity index (χ3v) is 11.0. The molecule has 5 aliphatic rings. The number of fused-ring (bicyclic) bond motifs is 5. The molecule has 0 amide bonds. The smallest absolute Gasteiger partial charge is 0.359 e. The second kappa shape index (κ2) is 10.8. The molecule has 0 aromatic carbocycles. The quantitative estimate of drug-likeness (QED) is 0.389. The molecule has 0 bridgehead atoms. The minimum absolute atomic E-state index is 0.0370. The highest BCUT2D eigenvalue weighted by Crippen LogP contribution is 2.69. The van der Waals surface area contributed by atoms with E-state index in [4.69, 9.17) is 4.89 Å². The van der Waals surface area contributed by atoms with Gasteiger partial charge in [-0.25, -0.2) is 38.7 Å². The van der Waals surface area contributed by atoms with E-state index in [1.54, 1.807) is 6.92 Å². The zero-order valence-corrected chi connectivity index (χ0v) is 23.5. The van der Waals surface area contributed by atoms with E-state index in [0.29, 0.717) is 24.8 Å². The number of allylic oxidation sites excluding steroid dienone is 1. The lowest BCUT2D eigenvalue weighted by molar-refractivity contribution is -0.273. The summed E-state index contributed by atoms with van der Waals surface area (Å²) in [5.74, 6) is -8.44. The number of carbonyl (C=O) groups excluding carboxylic acids is 6. The average Bonchev–Trinajstić information content (AvgIpc) is 3.21. The van der Waals surface area contributed by atoms with Gasteiger partial charge >= 0.3 is 23.9 Å². The molecule has 230 valence electrons. The molecule has 3 N–H and O–H groups in total. The number of ketones is 2. The van der Waals surface area contributed by atoms with Crippen molar-refractivity contribution in [2.45, 2.75) is 83.3 Å². The van der Waals surface area contributed by atoms with Crippen LogP contribution in [0.15, 0.2) is 11.6 Å². The lowest BCUT2D eigenvalue weighted by atomic mass is 9.42. The summed E-state index contributed by atoms with van der Waals surface area (Å²) in [7, 11) is 0. The molecular formula is C29H36O13. The van der Waals surface area contributed by atoms with Crippen LogP contribution in [0.2, 0.25) is 0 Å². The Morgan fingerprint density at radius 1 is 0.905 bits per heavy atom. The fourth-order valence-electron chi connectivity index (χ4n) is 9.09. The average molecular weight is 593 g/mol. The number of aliphatic hydroxyl groups is 3. The highest BCUT2D eigenvalue weighted by molar-refractivity contribution is 5.93. The lowest BCUT2D eigenvalue weighted by Gasteiger charge is -2.62. The topological polar surface area (TPSA) is 200 Å². The van der Waals surface area contributed by atoms with E-state index in [0.717, 1.165) is 0 Å². The van der Waals surface area contributed by atoms with Gasteiger partial charge in [-0.1, -0.05) is 19.4 Å². The van der Waals surface area contributed by atoms with Crippen molar-refractivity contribution in [3.63, 3.8) is 0 Å². The lowest BCUT2D eigenvalue weighted by Crippen LogP contribution is -2.63. The fraction of sp³-hybridized carbons (Fsp3) is 0.724. The van der Waals surface area contributed by atoms with Crippen LogP contribution in [0, 0.1) is 40.4 Å². The Morgan fingerprint density at radius 2 is 1.55 bits per heavy atom. The van der Waals surface area contributed by atoms with Crippen molar-refractivity contribution in [2.24, 2.45) is 40.4 Å². The molecule has 0 radical (unpaired) electrons. The van der Waals surface area contributed by atoms with Crippen LogP contribution in [-0.2, 0) is 48.3 Å². The highest BCUT2D eigenvalue weighted by Gasteiger charge is 2.69. The Bertz CT molecular complexity index is 1240. The molecule has 2 unspecified atom stereocenters. The van der Waals surface area contributed by atoms with E-state index in [-0.39, 0.29) is 36.9 Å². The van der Waals surface area contributed by atoms with E-state index in [2.05, 4.69) is 14.7 Å². The number of hydrogen-bond donors (Lipinski definition) is 3. The summed E-state index contributed by atoms with van der Waals surface area (Å²) < 4.78 is 0. The van der Waals surface area contributed by atoms with Gasteiger partial charge in [0.25, 0.3) is 0 Å². The van der Waals surface area contributed by atoms with Gasteiger partial charge < -0.3 is 15.3 Å². The van der Waals surface area contributed by atoms with Crippen LogP contribution in [0.3, 0.4) is 0 Å². The Morgan fingerprint density at radius 3 is 2.21 bits per heavy atom. The maximum atomic E-state index is 13.4. The van der Waals surface area contributed by atoms with Gasteiger partial charge in [0.2, 0.25) is 0 Å². The van der Waals surface area contributed by atoms with Crippen molar-refractivity contribution in [3.8, 4) is 0 Å². The van der Waals surface area contributed by atoms with E-state index >= 15 is 0 Å². The van der Waals surface area contributed by atoms with Gasteiger partial charge in [-0.05, 0) is 67.3 Å². The maximum absolute atomic E-state index is 13.4. The standard InChI is InChI=1S/C29H36O13/c1-27-12-20(32)25-16(18(27)7-8-29(27,38)21(33)13-30)4-3-14-9-15(31)10-19(28(14,25)2)17-11-24(36)41-39-22(34)5-6-23(35)40-42-26(17)37/h9,16-20,25,30,32,38H,3-8,10-13H2,1-2H3/t16-,17?,18-,19?,20-,25+,27-,28+,29-/m0/s1. The minimum Gasteiger partial charge on any atom is -0.393 e. The van der Waals surface area contributed by atoms with E-state index < -0.39 is 95.8 Å². The molecule has 13 heteroatoms. The zero-order valence-electron chi connectivity index (χ0n) is 23.5. The molecule has 4 fully saturated rings. The number of rotatable bonds is 3. The summed E-state index contributed by atoms with van der Waals surface area (Å²) >= 11 is 0. The summed E-state index contributed by atoms with van der Waals surface area (Å²) in [6, 6.07) is 0. The van der Waals surface area contributed by atoms with Gasteiger partial charge in [0.05, 0.1) is 31.3 Å². The number of hydrogen-bond acceptors (Lipinski definition) is 13. The van der Waals surface area contributed by atoms with Crippen molar-refractivity contribution in [2.75, 3.05) is 6.61 Å². The van der Waals surface area contributed by atoms with E-state index in [1.165, 1.54) is 6.08 Å². The van der Waals surface area contributed by atoms with Crippen LogP contribution in [0.4, 0.5) is 0 Å². The first kappa shape index (κ1) is 30.3. The van der Waals surface area contributed by atoms with Crippen molar-refractivity contribution in [1.82, 2.24) is 0 Å². The molecule has 0 aromatic rings. The van der Waals surface area contributed by atoms with Crippen LogP contribution in [-0.4, -0.2) is 69.1 Å². The zero-order chi connectivity index (χ0) is 30.6. The van der Waals surface area contributed by atoms with Gasteiger partial charge in [0.15, 0.2) is 11.6 Å². The molecule has 0 aromatic heterocycles. The van der Waals surface area contributed by atoms with Crippen molar-refractivity contribution < 1.29 is 63.6 Å². The van der Waals surface area contributed by atoms with Crippen molar-refractivity contribution in [1.29, 1.82) is 0 Å². The summed E-state index contributed by atoms with van der Waals surface area (Å²) in [4.78, 5) is 94.1. The molecule has 13 nitrogen and oxygen atoms in total. The SMILES string of the molecule is C[C@]12C[C@H](O)[C@H]3[C@@H](CCC4=CC(=O)CC(C5CC(=O)OOC(=O)CCC(=O)OOC5=O)[C@@]43C)[C@@H]1CC[C@]2(O)C(=O)CO. The molecule has 0 spiro atoms. The monoisotopic (exact) mass is 592 g/mol. The first-order chi connectivity index (χ1) is 19.8. The largest absolute Gasteiger partial charge is 0.393 e. The Balaban J connectivity index is 1.53. The molecule has 3 saturated carbocycles. The Labute approximate surface area is 241 Å². The summed E-state index contributed by atoms with van der Waals surface area (Å²) in [5.41, 5.74) is -3.15. The van der Waals surface area contributed by atoms with Gasteiger partial charge in [-0.15, -0.1) is 0 Å². The number of carbonyl (C=O) groups is 6. The Kier molecular flexibility index (Phi) is 7.82. The molecule has 9 atom stereocenters. The second-order valence-electron chi connectivity index (χ2n) is 12.8. The van der Waals surface area contributed by atoms with Gasteiger partial charge in [-0.2, -0.15) is 0 Å². The number of Topliss-reactive ketones (excluding diaryl/α,β-unsaturated/α-hetero) is 1. The molecule has 1 heterocycles. The predicted octanol–water partition coefficient (Wildman–Crippen LogP) is 0.811. The molecular weight excluding hydrogens is 556 g/mol. The van der Waals surface area contributed by atoms with Gasteiger partial charge in [-0.3, -0.25) is 9.59 Å².